The van der Waals surface area contributed by atoms with Crippen molar-refractivity contribution in [3.05, 3.63) is 53.4 Å². The van der Waals surface area contributed by atoms with E-state index in [-0.39, 0.29) is 5.41 Å². The molecule has 0 fully saturated rings. The molecule has 0 aliphatic carbocycles. The van der Waals surface area contributed by atoms with Crippen LogP contribution in [0.5, 0.6) is 0 Å². The Morgan fingerprint density at radius 2 is 1.79 bits per heavy atom. The highest BCUT2D eigenvalue weighted by Crippen LogP contribution is 2.43. The summed E-state index contributed by atoms with van der Waals surface area (Å²) in [5.41, 5.74) is 2.25. The largest absolute Gasteiger partial charge is 0.237 e. The fraction of sp³-hybridized carbons (Fsp3) is 0.235. The van der Waals surface area contributed by atoms with Crippen molar-refractivity contribution in [1.82, 2.24) is 0 Å². The molecule has 3 rings (SSSR count). The molecule has 3 aromatic rings. The van der Waals surface area contributed by atoms with Crippen LogP contribution in [0.4, 0.5) is 5.69 Å². The van der Waals surface area contributed by atoms with Crippen LogP contribution in [-0.2, 0) is 5.41 Å². The minimum atomic E-state index is 0.124. The van der Waals surface area contributed by atoms with Crippen LogP contribution < -0.4 is 0 Å². The van der Waals surface area contributed by atoms with Crippen LogP contribution in [0.15, 0.2) is 36.4 Å². The highest BCUT2D eigenvalue weighted by Gasteiger charge is 2.19. The molecule has 0 atom stereocenters. The number of hydrogen-bond acceptors (Lipinski definition) is 1. The molecule has 0 aliphatic rings. The lowest BCUT2D eigenvalue weighted by atomic mass is 9.86. The highest BCUT2D eigenvalue weighted by molar-refractivity contribution is 7.26. The molecule has 2 heteroatoms. The van der Waals surface area contributed by atoms with Crippen molar-refractivity contribution < 1.29 is 0 Å². The minimum Gasteiger partial charge on any atom is -0.237 e. The molecule has 2 aromatic carbocycles. The van der Waals surface area contributed by atoms with Crippen LogP contribution in [0.25, 0.3) is 25.0 Å². The molecule has 0 amide bonds. The Hall–Kier alpha value is -1.85. The normalized spacial score (nSPS) is 11.9. The quantitative estimate of drug-likeness (QED) is 0.445. The van der Waals surface area contributed by atoms with Gasteiger partial charge in [0, 0.05) is 14.8 Å². The third-order valence-corrected chi connectivity index (χ3v) is 4.63. The van der Waals surface area contributed by atoms with Gasteiger partial charge in [-0.25, -0.2) is 4.85 Å². The van der Waals surface area contributed by atoms with Crippen LogP contribution in [0.3, 0.4) is 0 Å². The van der Waals surface area contributed by atoms with Gasteiger partial charge >= 0.3 is 0 Å². The second-order valence-electron chi connectivity index (χ2n) is 5.80. The van der Waals surface area contributed by atoms with Crippen molar-refractivity contribution in [3.8, 4) is 0 Å². The van der Waals surface area contributed by atoms with Crippen LogP contribution >= 0.6 is 11.3 Å². The third-order valence-electron chi connectivity index (χ3n) is 3.43. The van der Waals surface area contributed by atoms with Crippen LogP contribution in [0.1, 0.15) is 26.3 Å². The molecule has 0 radical (unpaired) electrons. The molecule has 1 heterocycles. The summed E-state index contributed by atoms with van der Waals surface area (Å²) >= 11 is 1.80. The zero-order valence-electron chi connectivity index (χ0n) is 11.3. The lowest BCUT2D eigenvalue weighted by Gasteiger charge is -2.19. The molecule has 0 bridgehead atoms. The average Bonchev–Trinajstić information content (AvgIpc) is 2.75. The Labute approximate surface area is 117 Å². The van der Waals surface area contributed by atoms with Crippen molar-refractivity contribution in [1.29, 1.82) is 0 Å². The molecule has 19 heavy (non-hydrogen) atoms. The van der Waals surface area contributed by atoms with E-state index in [1.807, 2.05) is 12.1 Å². The molecular formula is C17H15NS. The lowest BCUT2D eigenvalue weighted by Crippen LogP contribution is -2.10. The molecule has 0 saturated carbocycles. The molecule has 0 saturated heterocycles. The van der Waals surface area contributed by atoms with Gasteiger partial charge in [0.25, 0.3) is 0 Å². The standard InChI is InChI=1S/C17H15NS/c1-17(2,3)12-8-5-7-11-15-13(18-4)9-6-10-14(15)19-16(11)12/h5-10H,1-3H3. The van der Waals surface area contributed by atoms with Gasteiger partial charge in [-0.2, -0.15) is 0 Å². The van der Waals surface area contributed by atoms with Gasteiger partial charge < -0.3 is 0 Å². The van der Waals surface area contributed by atoms with Crippen molar-refractivity contribution in [2.75, 3.05) is 0 Å². The van der Waals surface area contributed by atoms with E-state index in [9.17, 15) is 0 Å². The first-order valence-corrected chi connectivity index (χ1v) is 7.16. The van der Waals surface area contributed by atoms with E-state index < -0.39 is 0 Å². The zero-order chi connectivity index (χ0) is 13.6. The zero-order valence-corrected chi connectivity index (χ0v) is 12.1. The maximum Gasteiger partial charge on any atom is 0.196 e. The van der Waals surface area contributed by atoms with E-state index in [1.165, 1.54) is 20.3 Å². The SMILES string of the molecule is [C-]#[N+]c1cccc2sc3c(C(C)(C)C)cccc3c12. The number of benzene rings is 2. The summed E-state index contributed by atoms with van der Waals surface area (Å²) in [4.78, 5) is 3.67. The predicted octanol–water partition coefficient (Wildman–Crippen LogP) is 5.90. The smallest absolute Gasteiger partial charge is 0.196 e. The van der Waals surface area contributed by atoms with Crippen molar-refractivity contribution in [3.63, 3.8) is 0 Å². The first-order valence-electron chi connectivity index (χ1n) is 6.34. The number of fused-ring (bicyclic) bond motifs is 3. The topological polar surface area (TPSA) is 4.36 Å². The number of hydrogen-bond donors (Lipinski definition) is 0. The fourth-order valence-electron chi connectivity index (χ4n) is 2.51. The molecule has 1 nitrogen and oxygen atoms in total. The first-order chi connectivity index (χ1) is 9.02. The van der Waals surface area contributed by atoms with Gasteiger partial charge in [0.15, 0.2) is 5.69 Å². The minimum absolute atomic E-state index is 0.124. The van der Waals surface area contributed by atoms with Crippen LogP contribution in [-0.4, -0.2) is 0 Å². The van der Waals surface area contributed by atoms with E-state index in [2.05, 4.69) is 49.9 Å². The number of nitrogens with zero attached hydrogens (tertiary/aromatic N) is 1. The van der Waals surface area contributed by atoms with E-state index in [0.717, 1.165) is 11.1 Å². The van der Waals surface area contributed by atoms with Crippen molar-refractivity contribution >= 4 is 37.2 Å². The monoisotopic (exact) mass is 265 g/mol. The molecular weight excluding hydrogens is 250 g/mol. The van der Waals surface area contributed by atoms with Gasteiger partial charge in [-0.05, 0) is 22.4 Å². The van der Waals surface area contributed by atoms with Crippen molar-refractivity contribution in [2.45, 2.75) is 26.2 Å². The molecule has 0 aliphatic heterocycles. The van der Waals surface area contributed by atoms with Crippen molar-refractivity contribution in [2.24, 2.45) is 0 Å². The molecule has 1 aromatic heterocycles. The Bertz CT molecular complexity index is 813. The average molecular weight is 265 g/mol. The lowest BCUT2D eigenvalue weighted by molar-refractivity contribution is 0.597. The van der Waals surface area contributed by atoms with Gasteiger partial charge in [-0.1, -0.05) is 51.1 Å². The van der Waals surface area contributed by atoms with Gasteiger partial charge in [0.1, 0.15) is 0 Å². The van der Waals surface area contributed by atoms with Gasteiger partial charge in [0.05, 0.1) is 6.57 Å². The van der Waals surface area contributed by atoms with Crippen LogP contribution in [0.2, 0.25) is 0 Å². The maximum absolute atomic E-state index is 7.35. The maximum atomic E-state index is 7.35. The summed E-state index contributed by atoms with van der Waals surface area (Å²) in [6.07, 6.45) is 0. The number of thiophene rings is 1. The summed E-state index contributed by atoms with van der Waals surface area (Å²) in [5, 5.41) is 2.34. The summed E-state index contributed by atoms with van der Waals surface area (Å²) in [5.74, 6) is 0. The first kappa shape index (κ1) is 12.2. The third kappa shape index (κ3) is 1.82. The Morgan fingerprint density at radius 3 is 2.47 bits per heavy atom. The van der Waals surface area contributed by atoms with Gasteiger partial charge in [0.2, 0.25) is 0 Å². The van der Waals surface area contributed by atoms with Gasteiger partial charge in [-0.15, -0.1) is 11.3 Å². The van der Waals surface area contributed by atoms with E-state index in [1.54, 1.807) is 11.3 Å². The summed E-state index contributed by atoms with van der Waals surface area (Å²) in [7, 11) is 0. The Kier molecular flexibility index (Phi) is 2.62. The van der Waals surface area contributed by atoms with E-state index in [0.29, 0.717) is 0 Å². The van der Waals surface area contributed by atoms with E-state index in [4.69, 9.17) is 6.57 Å². The fourth-order valence-corrected chi connectivity index (χ4v) is 3.96. The number of rotatable bonds is 0. The van der Waals surface area contributed by atoms with Gasteiger partial charge in [-0.3, -0.25) is 0 Å². The van der Waals surface area contributed by atoms with Crippen LogP contribution in [0, 0.1) is 6.57 Å². The second kappa shape index (κ2) is 4.08. The molecule has 94 valence electrons. The molecule has 0 spiro atoms. The molecule has 0 N–H and O–H groups in total. The second-order valence-corrected chi connectivity index (χ2v) is 6.85. The highest BCUT2D eigenvalue weighted by atomic mass is 32.1. The van der Waals surface area contributed by atoms with E-state index >= 15 is 0 Å². The Morgan fingerprint density at radius 1 is 1.05 bits per heavy atom. The predicted molar refractivity (Wildman–Crippen MR) is 84.3 cm³/mol. The molecule has 0 unspecified atom stereocenters. The summed E-state index contributed by atoms with van der Waals surface area (Å²) < 4.78 is 2.53. The summed E-state index contributed by atoms with van der Waals surface area (Å²) in [6, 6.07) is 12.4. The Balaban J connectivity index is 2.52. The summed E-state index contributed by atoms with van der Waals surface area (Å²) in [6.45, 7) is 14.1.